The summed E-state index contributed by atoms with van der Waals surface area (Å²) in [7, 11) is 0. The van der Waals surface area contributed by atoms with Crippen molar-refractivity contribution in [3.05, 3.63) is 24.3 Å². The topological polar surface area (TPSA) is 78.9 Å². The summed E-state index contributed by atoms with van der Waals surface area (Å²) in [6, 6.07) is 0. The molecule has 71 heavy (non-hydrogen) atoms. The third-order valence-corrected chi connectivity index (χ3v) is 14.5. The van der Waals surface area contributed by atoms with Crippen molar-refractivity contribution in [2.24, 2.45) is 0 Å². The van der Waals surface area contributed by atoms with Gasteiger partial charge in [0.25, 0.3) is 0 Å². The van der Waals surface area contributed by atoms with Crippen LogP contribution < -0.4 is 0 Å². The second kappa shape index (κ2) is 60.4. The lowest BCUT2D eigenvalue weighted by molar-refractivity contribution is -0.167. The van der Waals surface area contributed by atoms with Gasteiger partial charge in [0, 0.05) is 19.3 Å². The summed E-state index contributed by atoms with van der Waals surface area (Å²) in [5.74, 6) is -0.842. The van der Waals surface area contributed by atoms with Crippen molar-refractivity contribution in [3.63, 3.8) is 0 Å². The molecule has 418 valence electrons. The van der Waals surface area contributed by atoms with Crippen molar-refractivity contribution in [1.29, 1.82) is 0 Å². The van der Waals surface area contributed by atoms with E-state index < -0.39 is 6.10 Å². The third kappa shape index (κ3) is 58.7. The number of rotatable bonds is 59. The van der Waals surface area contributed by atoms with Gasteiger partial charge in [-0.3, -0.25) is 14.4 Å². The number of hydrogen-bond donors (Lipinski definition) is 0. The lowest BCUT2D eigenvalue weighted by Crippen LogP contribution is -2.30. The minimum Gasteiger partial charge on any atom is -0.462 e. The van der Waals surface area contributed by atoms with E-state index in [1.165, 1.54) is 250 Å². The summed E-state index contributed by atoms with van der Waals surface area (Å²) < 4.78 is 16.9. The van der Waals surface area contributed by atoms with Gasteiger partial charge in [0.05, 0.1) is 0 Å². The normalized spacial score (nSPS) is 12.1. The van der Waals surface area contributed by atoms with Crippen LogP contribution in [0.2, 0.25) is 0 Å². The number of esters is 3. The smallest absolute Gasteiger partial charge is 0.306 e. The summed E-state index contributed by atoms with van der Waals surface area (Å²) in [5.41, 5.74) is 0. The molecule has 6 heteroatoms. The predicted molar refractivity (Wildman–Crippen MR) is 307 cm³/mol. The fourth-order valence-electron chi connectivity index (χ4n) is 9.65. The molecular weight excluding hydrogens is 877 g/mol. The van der Waals surface area contributed by atoms with Gasteiger partial charge in [-0.2, -0.15) is 0 Å². The first-order valence-corrected chi connectivity index (χ1v) is 31.8. The zero-order valence-corrected chi connectivity index (χ0v) is 48.0. The zero-order chi connectivity index (χ0) is 51.4. The van der Waals surface area contributed by atoms with Crippen LogP contribution in [-0.2, 0) is 28.6 Å². The molecule has 0 saturated heterocycles. The quantitative estimate of drug-likeness (QED) is 0.0261. The average Bonchev–Trinajstić information content (AvgIpc) is 3.37. The number of allylic oxidation sites excluding steroid dienone is 4. The molecule has 1 unspecified atom stereocenters. The van der Waals surface area contributed by atoms with Crippen molar-refractivity contribution in [3.8, 4) is 0 Å². The molecule has 0 aliphatic heterocycles. The molecular formula is C65H122O6. The molecule has 0 bridgehead atoms. The maximum atomic E-state index is 12.9. The van der Waals surface area contributed by atoms with Crippen LogP contribution in [0.15, 0.2) is 24.3 Å². The van der Waals surface area contributed by atoms with E-state index in [0.717, 1.165) is 64.2 Å². The van der Waals surface area contributed by atoms with Crippen LogP contribution in [0.3, 0.4) is 0 Å². The second-order valence-corrected chi connectivity index (χ2v) is 21.7. The Balaban J connectivity index is 4.30. The van der Waals surface area contributed by atoms with Crippen LogP contribution >= 0.6 is 0 Å². The highest BCUT2D eigenvalue weighted by atomic mass is 16.6. The van der Waals surface area contributed by atoms with Gasteiger partial charge in [0.2, 0.25) is 0 Å². The molecule has 0 spiro atoms. The molecule has 0 fully saturated rings. The fourth-order valence-corrected chi connectivity index (χ4v) is 9.65. The van der Waals surface area contributed by atoms with Crippen LogP contribution in [-0.4, -0.2) is 37.2 Å². The first kappa shape index (κ1) is 68.9. The molecule has 0 heterocycles. The highest BCUT2D eigenvalue weighted by Crippen LogP contribution is 2.18. The van der Waals surface area contributed by atoms with Crippen molar-refractivity contribution >= 4 is 17.9 Å². The van der Waals surface area contributed by atoms with Gasteiger partial charge in [0.1, 0.15) is 13.2 Å². The largest absolute Gasteiger partial charge is 0.462 e. The van der Waals surface area contributed by atoms with Gasteiger partial charge in [-0.05, 0) is 51.4 Å². The SMILES string of the molecule is CCCCCCC/C=C\C/C=C\CCCCCCCCCCCC(=O)OCC(COC(=O)CCCCCCCCCCCCCCCCCC)OC(=O)CCCCCCCCCCCCCCCCCC. The van der Waals surface area contributed by atoms with E-state index in [2.05, 4.69) is 45.1 Å². The standard InChI is InChI=1S/C65H122O6/c1-4-7-10-13-16-19-22-25-28-31-32-33-34-35-38-40-43-46-49-52-55-58-64(67)70-61-62(71-65(68)59-56-53-50-47-44-41-37-30-27-24-21-18-15-12-9-6-3)60-69-63(66)57-54-51-48-45-42-39-36-29-26-23-20-17-14-11-8-5-2/h22,25,31-32,62H,4-21,23-24,26-30,33-61H2,1-3H3/b25-22-,32-31-. The van der Waals surface area contributed by atoms with Gasteiger partial charge in [-0.15, -0.1) is 0 Å². The van der Waals surface area contributed by atoms with Gasteiger partial charge < -0.3 is 14.2 Å². The van der Waals surface area contributed by atoms with Gasteiger partial charge >= 0.3 is 17.9 Å². The molecule has 0 aliphatic carbocycles. The van der Waals surface area contributed by atoms with Crippen LogP contribution in [0, 0.1) is 0 Å². The summed E-state index contributed by atoms with van der Waals surface area (Å²) in [6.07, 6.45) is 71.7. The van der Waals surface area contributed by atoms with Crippen LogP contribution in [0.25, 0.3) is 0 Å². The Hall–Kier alpha value is -2.11. The summed E-state index contributed by atoms with van der Waals surface area (Å²) in [4.78, 5) is 38.3. The molecule has 0 aromatic carbocycles. The summed E-state index contributed by atoms with van der Waals surface area (Å²) >= 11 is 0. The lowest BCUT2D eigenvalue weighted by Gasteiger charge is -2.18. The Morgan fingerprint density at radius 3 is 0.775 bits per heavy atom. The molecule has 0 aromatic heterocycles. The van der Waals surface area contributed by atoms with E-state index in [4.69, 9.17) is 14.2 Å². The molecule has 0 aliphatic rings. The van der Waals surface area contributed by atoms with Crippen LogP contribution in [0.4, 0.5) is 0 Å². The molecule has 0 aromatic rings. The Kier molecular flexibility index (Phi) is 58.6. The van der Waals surface area contributed by atoms with Gasteiger partial charge in [-0.1, -0.05) is 308 Å². The van der Waals surface area contributed by atoms with Crippen molar-refractivity contribution in [2.45, 2.75) is 361 Å². The molecule has 0 saturated carbocycles. The van der Waals surface area contributed by atoms with Gasteiger partial charge in [0.15, 0.2) is 6.10 Å². The minimum atomic E-state index is -0.768. The summed E-state index contributed by atoms with van der Waals surface area (Å²) in [6.45, 7) is 6.70. The lowest BCUT2D eigenvalue weighted by atomic mass is 10.0. The maximum absolute atomic E-state index is 12.9. The monoisotopic (exact) mass is 999 g/mol. The molecule has 1 atom stereocenters. The van der Waals surface area contributed by atoms with Crippen LogP contribution in [0.1, 0.15) is 355 Å². The third-order valence-electron chi connectivity index (χ3n) is 14.5. The van der Waals surface area contributed by atoms with E-state index in [0.29, 0.717) is 19.3 Å². The zero-order valence-electron chi connectivity index (χ0n) is 48.0. The van der Waals surface area contributed by atoms with E-state index >= 15 is 0 Å². The molecule has 0 N–H and O–H groups in total. The number of carbonyl (C=O) groups is 3. The number of carbonyl (C=O) groups excluding carboxylic acids is 3. The highest BCUT2D eigenvalue weighted by Gasteiger charge is 2.19. The highest BCUT2D eigenvalue weighted by molar-refractivity contribution is 5.71. The predicted octanol–water partition coefficient (Wildman–Crippen LogP) is 21.4. The number of unbranched alkanes of at least 4 members (excludes halogenated alkanes) is 44. The van der Waals surface area contributed by atoms with Crippen molar-refractivity contribution in [2.75, 3.05) is 13.2 Å². The fraction of sp³-hybridized carbons (Fsp3) is 0.892. The van der Waals surface area contributed by atoms with Crippen molar-refractivity contribution in [1.82, 2.24) is 0 Å². The van der Waals surface area contributed by atoms with E-state index in [1.807, 2.05) is 0 Å². The molecule has 0 radical (unpaired) electrons. The molecule has 6 nitrogen and oxygen atoms in total. The molecule has 0 amide bonds. The van der Waals surface area contributed by atoms with Gasteiger partial charge in [-0.25, -0.2) is 0 Å². The Morgan fingerprint density at radius 1 is 0.282 bits per heavy atom. The van der Waals surface area contributed by atoms with E-state index in [9.17, 15) is 14.4 Å². The van der Waals surface area contributed by atoms with Crippen molar-refractivity contribution < 1.29 is 28.6 Å². The van der Waals surface area contributed by atoms with E-state index in [-0.39, 0.29) is 31.1 Å². The first-order valence-electron chi connectivity index (χ1n) is 31.8. The Labute approximate surface area is 443 Å². The number of hydrogen-bond acceptors (Lipinski definition) is 6. The number of ether oxygens (including phenoxy) is 3. The Bertz CT molecular complexity index is 1150. The molecule has 0 rings (SSSR count). The second-order valence-electron chi connectivity index (χ2n) is 21.7. The van der Waals surface area contributed by atoms with Crippen LogP contribution in [0.5, 0.6) is 0 Å². The Morgan fingerprint density at radius 2 is 0.507 bits per heavy atom. The average molecular weight is 1000 g/mol. The first-order chi connectivity index (χ1) is 35.0. The van der Waals surface area contributed by atoms with E-state index in [1.54, 1.807) is 0 Å². The summed E-state index contributed by atoms with van der Waals surface area (Å²) in [5, 5.41) is 0. The minimum absolute atomic E-state index is 0.0661. The maximum Gasteiger partial charge on any atom is 0.306 e.